The molecular formula is C16H19N3O3. The van der Waals surface area contributed by atoms with Crippen LogP contribution in [0.2, 0.25) is 0 Å². The van der Waals surface area contributed by atoms with Gasteiger partial charge in [0.1, 0.15) is 5.76 Å². The van der Waals surface area contributed by atoms with E-state index in [0.717, 1.165) is 11.5 Å². The molecular weight excluding hydrogens is 282 g/mol. The Labute approximate surface area is 128 Å². The summed E-state index contributed by atoms with van der Waals surface area (Å²) in [7, 11) is 0. The normalized spacial score (nSPS) is 10.3. The van der Waals surface area contributed by atoms with Gasteiger partial charge in [0.15, 0.2) is 5.89 Å². The molecule has 0 atom stereocenters. The Morgan fingerprint density at radius 2 is 1.86 bits per heavy atom. The van der Waals surface area contributed by atoms with Gasteiger partial charge in [0, 0.05) is 25.5 Å². The summed E-state index contributed by atoms with van der Waals surface area (Å²) >= 11 is 0. The van der Waals surface area contributed by atoms with Crippen LogP contribution in [0.5, 0.6) is 0 Å². The van der Waals surface area contributed by atoms with Crippen LogP contribution in [0.4, 0.5) is 0 Å². The minimum atomic E-state index is -0.266. The van der Waals surface area contributed by atoms with Gasteiger partial charge in [-0.2, -0.15) is 0 Å². The van der Waals surface area contributed by atoms with Crippen molar-refractivity contribution in [1.29, 1.82) is 0 Å². The van der Waals surface area contributed by atoms with E-state index in [-0.39, 0.29) is 18.4 Å². The summed E-state index contributed by atoms with van der Waals surface area (Å²) < 4.78 is 5.42. The highest BCUT2D eigenvalue weighted by atomic mass is 16.4. The number of carbonyl (C=O) groups is 2. The molecule has 2 aromatic rings. The zero-order chi connectivity index (χ0) is 15.9. The quantitative estimate of drug-likeness (QED) is 0.844. The van der Waals surface area contributed by atoms with Crippen molar-refractivity contribution in [3.8, 4) is 0 Å². The third-order valence-electron chi connectivity index (χ3n) is 3.12. The molecule has 0 saturated carbocycles. The van der Waals surface area contributed by atoms with Gasteiger partial charge in [0.05, 0.1) is 12.2 Å². The van der Waals surface area contributed by atoms with Crippen LogP contribution in [0.15, 0.2) is 34.7 Å². The second-order valence-corrected chi connectivity index (χ2v) is 4.89. The number of nitrogens with one attached hydrogen (secondary N) is 2. The van der Waals surface area contributed by atoms with Crippen molar-refractivity contribution in [3.63, 3.8) is 0 Å². The maximum absolute atomic E-state index is 11.8. The SMILES string of the molecule is Cc1nc(C)c(CCNC(=O)CNC(=O)c2ccccc2)o1. The van der Waals surface area contributed by atoms with E-state index in [4.69, 9.17) is 4.42 Å². The molecule has 2 rings (SSSR count). The summed E-state index contributed by atoms with van der Waals surface area (Å²) in [6.07, 6.45) is 0.574. The maximum Gasteiger partial charge on any atom is 0.251 e. The Hall–Kier alpha value is -2.63. The number of aryl methyl sites for hydroxylation is 2. The van der Waals surface area contributed by atoms with Crippen LogP contribution in [-0.4, -0.2) is 29.9 Å². The van der Waals surface area contributed by atoms with Crippen molar-refractivity contribution >= 4 is 11.8 Å². The third kappa shape index (κ3) is 4.44. The molecule has 0 aliphatic heterocycles. The molecule has 2 N–H and O–H groups in total. The molecule has 22 heavy (non-hydrogen) atoms. The number of amides is 2. The van der Waals surface area contributed by atoms with Gasteiger partial charge in [0.2, 0.25) is 5.91 Å². The number of aromatic nitrogens is 1. The molecule has 0 spiro atoms. The van der Waals surface area contributed by atoms with Crippen molar-refractivity contribution in [3.05, 3.63) is 53.2 Å². The number of rotatable bonds is 6. The highest BCUT2D eigenvalue weighted by Gasteiger charge is 2.09. The van der Waals surface area contributed by atoms with E-state index in [1.54, 1.807) is 31.2 Å². The van der Waals surface area contributed by atoms with Gasteiger partial charge in [-0.3, -0.25) is 9.59 Å². The minimum Gasteiger partial charge on any atom is -0.446 e. The molecule has 2 amide bonds. The van der Waals surface area contributed by atoms with Crippen molar-refractivity contribution in [1.82, 2.24) is 15.6 Å². The van der Waals surface area contributed by atoms with Crippen LogP contribution in [0, 0.1) is 13.8 Å². The molecule has 0 unspecified atom stereocenters. The topological polar surface area (TPSA) is 84.2 Å². The summed E-state index contributed by atoms with van der Waals surface area (Å²) in [6.45, 7) is 4.04. The lowest BCUT2D eigenvalue weighted by Crippen LogP contribution is -2.37. The average molecular weight is 301 g/mol. The molecule has 0 radical (unpaired) electrons. The van der Waals surface area contributed by atoms with Crippen LogP contribution in [0.1, 0.15) is 27.7 Å². The van der Waals surface area contributed by atoms with Crippen molar-refractivity contribution in [2.24, 2.45) is 0 Å². The fraction of sp³-hybridized carbons (Fsp3) is 0.312. The number of hydrogen-bond acceptors (Lipinski definition) is 4. The largest absolute Gasteiger partial charge is 0.446 e. The predicted octanol–water partition coefficient (Wildman–Crippen LogP) is 1.38. The maximum atomic E-state index is 11.8. The van der Waals surface area contributed by atoms with E-state index in [9.17, 15) is 9.59 Å². The van der Waals surface area contributed by atoms with Gasteiger partial charge in [-0.1, -0.05) is 18.2 Å². The molecule has 0 fully saturated rings. The summed E-state index contributed by atoms with van der Waals surface area (Å²) in [5.74, 6) is 0.885. The third-order valence-corrected chi connectivity index (χ3v) is 3.12. The standard InChI is InChI=1S/C16H19N3O3/c1-11-14(22-12(2)19-11)8-9-17-15(20)10-18-16(21)13-6-4-3-5-7-13/h3-7H,8-10H2,1-2H3,(H,17,20)(H,18,21). The number of hydrogen-bond donors (Lipinski definition) is 2. The summed E-state index contributed by atoms with van der Waals surface area (Å²) in [5.41, 5.74) is 1.37. The highest BCUT2D eigenvalue weighted by molar-refractivity contribution is 5.96. The first-order chi connectivity index (χ1) is 10.6. The minimum absolute atomic E-state index is 0.0534. The fourth-order valence-corrected chi connectivity index (χ4v) is 2.04. The van der Waals surface area contributed by atoms with Crippen LogP contribution < -0.4 is 10.6 Å². The first-order valence-corrected chi connectivity index (χ1v) is 7.09. The summed E-state index contributed by atoms with van der Waals surface area (Å²) in [6, 6.07) is 8.77. The molecule has 1 aromatic carbocycles. The van der Waals surface area contributed by atoms with Crippen LogP contribution in [-0.2, 0) is 11.2 Å². The van der Waals surface area contributed by atoms with Gasteiger partial charge < -0.3 is 15.1 Å². The zero-order valence-electron chi connectivity index (χ0n) is 12.7. The number of benzene rings is 1. The van der Waals surface area contributed by atoms with E-state index < -0.39 is 0 Å². The molecule has 0 bridgehead atoms. The van der Waals surface area contributed by atoms with Gasteiger partial charge in [-0.15, -0.1) is 0 Å². The zero-order valence-corrected chi connectivity index (χ0v) is 12.7. The van der Waals surface area contributed by atoms with Gasteiger partial charge >= 0.3 is 0 Å². The second kappa shape index (κ2) is 7.40. The number of nitrogens with zero attached hydrogens (tertiary/aromatic N) is 1. The molecule has 0 aliphatic rings. The average Bonchev–Trinajstić information content (AvgIpc) is 2.83. The first kappa shape index (κ1) is 15.8. The van der Waals surface area contributed by atoms with Crippen LogP contribution in [0.25, 0.3) is 0 Å². The predicted molar refractivity (Wildman–Crippen MR) is 81.5 cm³/mol. The lowest BCUT2D eigenvalue weighted by Gasteiger charge is -2.06. The molecule has 0 saturated heterocycles. The molecule has 6 heteroatoms. The molecule has 1 aromatic heterocycles. The van der Waals surface area contributed by atoms with Crippen LogP contribution in [0.3, 0.4) is 0 Å². The first-order valence-electron chi connectivity index (χ1n) is 7.09. The lowest BCUT2D eigenvalue weighted by molar-refractivity contribution is -0.120. The fourth-order valence-electron chi connectivity index (χ4n) is 2.04. The molecule has 116 valence electrons. The Balaban J connectivity index is 1.70. The number of carbonyl (C=O) groups excluding carboxylic acids is 2. The van der Waals surface area contributed by atoms with Crippen molar-refractivity contribution < 1.29 is 14.0 Å². The van der Waals surface area contributed by atoms with Gasteiger partial charge in [-0.05, 0) is 19.1 Å². The molecule has 6 nitrogen and oxygen atoms in total. The van der Waals surface area contributed by atoms with Gasteiger partial charge in [-0.25, -0.2) is 4.98 Å². The number of oxazole rings is 1. The van der Waals surface area contributed by atoms with E-state index in [1.807, 2.05) is 13.0 Å². The van der Waals surface area contributed by atoms with Gasteiger partial charge in [0.25, 0.3) is 5.91 Å². The summed E-state index contributed by atoms with van der Waals surface area (Å²) in [4.78, 5) is 27.6. The Morgan fingerprint density at radius 3 is 2.50 bits per heavy atom. The van der Waals surface area contributed by atoms with Crippen LogP contribution >= 0.6 is 0 Å². The smallest absolute Gasteiger partial charge is 0.251 e. The molecule has 0 aliphatic carbocycles. The second-order valence-electron chi connectivity index (χ2n) is 4.89. The lowest BCUT2D eigenvalue weighted by atomic mass is 10.2. The van der Waals surface area contributed by atoms with E-state index in [0.29, 0.717) is 24.4 Å². The Morgan fingerprint density at radius 1 is 1.14 bits per heavy atom. The summed E-state index contributed by atoms with van der Waals surface area (Å²) in [5, 5.41) is 5.31. The van der Waals surface area contributed by atoms with E-state index in [1.165, 1.54) is 0 Å². The highest BCUT2D eigenvalue weighted by Crippen LogP contribution is 2.09. The van der Waals surface area contributed by atoms with Crippen molar-refractivity contribution in [2.75, 3.05) is 13.1 Å². The Kier molecular flexibility index (Phi) is 5.30. The monoisotopic (exact) mass is 301 g/mol. The van der Waals surface area contributed by atoms with E-state index >= 15 is 0 Å². The van der Waals surface area contributed by atoms with E-state index in [2.05, 4.69) is 15.6 Å². The molecule has 1 heterocycles. The Bertz CT molecular complexity index is 650. The van der Waals surface area contributed by atoms with Crippen molar-refractivity contribution in [2.45, 2.75) is 20.3 Å².